The lowest BCUT2D eigenvalue weighted by Gasteiger charge is -2.17. The van der Waals surface area contributed by atoms with E-state index in [1.54, 1.807) is 0 Å². The maximum absolute atomic E-state index is 10.0. The summed E-state index contributed by atoms with van der Waals surface area (Å²) in [5.74, 6) is -2.21. The van der Waals surface area contributed by atoms with E-state index in [2.05, 4.69) is 4.74 Å². The Hall–Kier alpha value is -0.490. The van der Waals surface area contributed by atoms with Crippen LogP contribution in [0.4, 0.5) is 0 Å². The first-order chi connectivity index (χ1) is 4.60. The van der Waals surface area contributed by atoms with Gasteiger partial charge in [-0.2, -0.15) is 0 Å². The molecule has 3 N–H and O–H groups in total. The zero-order chi connectivity index (χ0) is 7.78. The third-order valence-electron chi connectivity index (χ3n) is 1.44. The van der Waals surface area contributed by atoms with Gasteiger partial charge < -0.3 is 20.1 Å². The fraction of sp³-hybridized carbons (Fsp3) is 0.800. The molecule has 58 valence electrons. The minimum atomic E-state index is -2.21. The summed E-state index contributed by atoms with van der Waals surface area (Å²) >= 11 is 0. The number of hydrogen-bond donors (Lipinski definition) is 3. The van der Waals surface area contributed by atoms with Gasteiger partial charge in [-0.25, -0.2) is 0 Å². The van der Waals surface area contributed by atoms with Gasteiger partial charge in [0.25, 0.3) is 5.79 Å². The van der Waals surface area contributed by atoms with Gasteiger partial charge in [0.1, 0.15) is 12.2 Å². The van der Waals surface area contributed by atoms with E-state index >= 15 is 0 Å². The van der Waals surface area contributed by atoms with Gasteiger partial charge in [0.15, 0.2) is 6.29 Å². The van der Waals surface area contributed by atoms with E-state index in [0.717, 1.165) is 0 Å². The van der Waals surface area contributed by atoms with Crippen LogP contribution in [-0.2, 0) is 9.53 Å². The topological polar surface area (TPSA) is 87.0 Å². The van der Waals surface area contributed by atoms with Crippen LogP contribution in [0.2, 0.25) is 0 Å². The Labute approximate surface area is 56.9 Å². The Morgan fingerprint density at radius 1 is 1.60 bits per heavy atom. The van der Waals surface area contributed by atoms with E-state index in [1.165, 1.54) is 0 Å². The fourth-order valence-corrected chi connectivity index (χ4v) is 0.775. The van der Waals surface area contributed by atoms with Crippen LogP contribution in [0.25, 0.3) is 0 Å². The van der Waals surface area contributed by atoms with Crippen molar-refractivity contribution in [2.45, 2.75) is 18.0 Å². The van der Waals surface area contributed by atoms with Crippen molar-refractivity contribution in [1.29, 1.82) is 0 Å². The normalized spacial score (nSPS) is 47.5. The van der Waals surface area contributed by atoms with Gasteiger partial charge >= 0.3 is 0 Å². The first kappa shape index (κ1) is 7.62. The average Bonchev–Trinajstić information content (AvgIpc) is 2.19. The van der Waals surface area contributed by atoms with Gasteiger partial charge in [0.2, 0.25) is 0 Å². The molecule has 0 aromatic heterocycles. The second-order valence-corrected chi connectivity index (χ2v) is 2.19. The maximum atomic E-state index is 10.0. The molecule has 3 atom stereocenters. The van der Waals surface area contributed by atoms with Gasteiger partial charge in [-0.3, -0.25) is 4.79 Å². The summed E-state index contributed by atoms with van der Waals surface area (Å²) in [6.07, 6.45) is -2.66. The summed E-state index contributed by atoms with van der Waals surface area (Å²) in [6, 6.07) is 0. The summed E-state index contributed by atoms with van der Waals surface area (Å²) < 4.78 is 4.40. The predicted molar refractivity (Wildman–Crippen MR) is 29.0 cm³/mol. The van der Waals surface area contributed by atoms with E-state index < -0.39 is 18.0 Å². The molecule has 1 unspecified atom stereocenters. The molecule has 5 nitrogen and oxygen atoms in total. The predicted octanol–water partition coefficient (Wildman–Crippen LogP) is -2.37. The second kappa shape index (κ2) is 2.28. The molecule has 0 radical (unpaired) electrons. The van der Waals surface area contributed by atoms with Gasteiger partial charge in [0.05, 0.1) is 6.61 Å². The monoisotopic (exact) mass is 148 g/mol. The van der Waals surface area contributed by atoms with Crippen molar-refractivity contribution in [3.63, 3.8) is 0 Å². The van der Waals surface area contributed by atoms with Crippen molar-refractivity contribution < 1.29 is 24.9 Å². The van der Waals surface area contributed by atoms with Crippen molar-refractivity contribution in [2.24, 2.45) is 0 Å². The molecular formula is C5H8O5. The van der Waals surface area contributed by atoms with Gasteiger partial charge in [-0.05, 0) is 0 Å². The first-order valence-electron chi connectivity index (χ1n) is 2.79. The van der Waals surface area contributed by atoms with E-state index in [0.29, 0.717) is 0 Å². The van der Waals surface area contributed by atoms with Crippen LogP contribution in [0.5, 0.6) is 0 Å². The molecular weight excluding hydrogens is 140 g/mol. The molecule has 1 rings (SSSR count). The summed E-state index contributed by atoms with van der Waals surface area (Å²) in [7, 11) is 0. The lowest BCUT2D eigenvalue weighted by atomic mass is 10.1. The molecule has 5 heteroatoms. The number of aldehydes is 1. The largest absolute Gasteiger partial charge is 0.388 e. The fourth-order valence-electron chi connectivity index (χ4n) is 0.775. The highest BCUT2D eigenvalue weighted by Gasteiger charge is 2.47. The zero-order valence-corrected chi connectivity index (χ0v) is 5.10. The number of hydrogen-bond acceptors (Lipinski definition) is 5. The highest BCUT2D eigenvalue weighted by Crippen LogP contribution is 2.21. The number of aliphatic hydroxyl groups is 3. The van der Waals surface area contributed by atoms with Gasteiger partial charge in [-0.1, -0.05) is 0 Å². The number of ether oxygens (including phenoxy) is 1. The lowest BCUT2D eigenvalue weighted by molar-refractivity contribution is -0.201. The van der Waals surface area contributed by atoms with Crippen LogP contribution in [0.15, 0.2) is 0 Å². The van der Waals surface area contributed by atoms with Gasteiger partial charge in [-0.15, -0.1) is 0 Å². The van der Waals surface area contributed by atoms with E-state index in [1.807, 2.05) is 0 Å². The molecule has 1 heterocycles. The molecule has 0 aromatic carbocycles. The maximum Gasteiger partial charge on any atom is 0.253 e. The first-order valence-corrected chi connectivity index (χ1v) is 2.79. The SMILES string of the molecule is O=CC1(O)OC[C@@H](O)[C@H]1O. The van der Waals surface area contributed by atoms with Crippen LogP contribution in [-0.4, -0.2) is 46.2 Å². The van der Waals surface area contributed by atoms with Crippen LogP contribution < -0.4 is 0 Å². The molecule has 0 spiro atoms. The number of aliphatic hydroxyl groups excluding tert-OH is 2. The molecule has 0 aromatic rings. The zero-order valence-electron chi connectivity index (χ0n) is 5.10. The molecule has 1 fully saturated rings. The van der Waals surface area contributed by atoms with Crippen molar-refractivity contribution in [2.75, 3.05) is 6.61 Å². The standard InChI is InChI=1S/C5H8O5/c6-2-5(9)4(8)3(7)1-10-5/h2-4,7-9H,1H2/t3-,4-,5?/m1/s1. The summed E-state index contributed by atoms with van der Waals surface area (Å²) in [5.41, 5.74) is 0. The third-order valence-corrected chi connectivity index (χ3v) is 1.44. The van der Waals surface area contributed by atoms with E-state index in [-0.39, 0.29) is 12.9 Å². The number of carbonyl (C=O) groups excluding carboxylic acids is 1. The molecule has 10 heavy (non-hydrogen) atoms. The summed E-state index contributed by atoms with van der Waals surface area (Å²) in [5, 5.41) is 26.6. The quantitative estimate of drug-likeness (QED) is 0.362. The van der Waals surface area contributed by atoms with Crippen molar-refractivity contribution >= 4 is 6.29 Å². The second-order valence-electron chi connectivity index (χ2n) is 2.19. The van der Waals surface area contributed by atoms with E-state index in [4.69, 9.17) is 15.3 Å². The lowest BCUT2D eigenvalue weighted by Crippen LogP contribution is -2.44. The molecule has 0 bridgehead atoms. The Morgan fingerprint density at radius 3 is 2.40 bits per heavy atom. The Bertz CT molecular complexity index is 147. The minimum Gasteiger partial charge on any atom is -0.388 e. The highest BCUT2D eigenvalue weighted by atomic mass is 16.7. The highest BCUT2D eigenvalue weighted by molar-refractivity contribution is 5.61. The average molecular weight is 148 g/mol. The van der Waals surface area contributed by atoms with E-state index in [9.17, 15) is 4.79 Å². The van der Waals surface area contributed by atoms with Crippen LogP contribution in [0.1, 0.15) is 0 Å². The molecule has 1 saturated heterocycles. The molecule has 0 aliphatic carbocycles. The molecule has 0 amide bonds. The Balaban J connectivity index is 2.73. The minimum absolute atomic E-state index is 0.0634. The summed E-state index contributed by atoms with van der Waals surface area (Å²) in [4.78, 5) is 10.0. The summed E-state index contributed by atoms with van der Waals surface area (Å²) in [6.45, 7) is -0.226. The Kier molecular flexibility index (Phi) is 1.74. The van der Waals surface area contributed by atoms with Crippen molar-refractivity contribution in [1.82, 2.24) is 0 Å². The number of carbonyl (C=O) groups is 1. The Morgan fingerprint density at radius 2 is 2.20 bits per heavy atom. The van der Waals surface area contributed by atoms with Crippen molar-refractivity contribution in [3.05, 3.63) is 0 Å². The van der Waals surface area contributed by atoms with Crippen LogP contribution in [0, 0.1) is 0 Å². The molecule has 1 aliphatic heterocycles. The number of rotatable bonds is 1. The molecule has 1 aliphatic rings. The van der Waals surface area contributed by atoms with Gasteiger partial charge in [0, 0.05) is 0 Å². The van der Waals surface area contributed by atoms with Crippen molar-refractivity contribution in [3.8, 4) is 0 Å². The van der Waals surface area contributed by atoms with Crippen LogP contribution >= 0.6 is 0 Å². The smallest absolute Gasteiger partial charge is 0.253 e. The van der Waals surface area contributed by atoms with Crippen LogP contribution in [0.3, 0.4) is 0 Å². The molecule has 0 saturated carbocycles. The third kappa shape index (κ3) is 0.929.